The first-order valence-corrected chi connectivity index (χ1v) is 6.08. The van der Waals surface area contributed by atoms with E-state index in [0.29, 0.717) is 5.69 Å². The molecule has 21 heavy (non-hydrogen) atoms. The Morgan fingerprint density at radius 1 is 1.38 bits per heavy atom. The van der Waals surface area contributed by atoms with Crippen LogP contribution in [0.5, 0.6) is 0 Å². The molecule has 0 aliphatic rings. The van der Waals surface area contributed by atoms with E-state index in [2.05, 4.69) is 20.6 Å². The zero-order valence-electron chi connectivity index (χ0n) is 10.8. The molecule has 7 nitrogen and oxygen atoms in total. The first-order chi connectivity index (χ1) is 10.1. The molecule has 1 unspecified atom stereocenters. The predicted octanol–water partition coefficient (Wildman–Crippen LogP) is 1.37. The number of hydrogen-bond acceptors (Lipinski definition) is 3. The largest absolute Gasteiger partial charge is 0.480 e. The highest BCUT2D eigenvalue weighted by atomic mass is 19.1. The molecule has 8 heteroatoms. The third-order valence-electron chi connectivity index (χ3n) is 2.70. The monoisotopic (exact) mass is 292 g/mol. The quantitative estimate of drug-likeness (QED) is 0.667. The highest BCUT2D eigenvalue weighted by molar-refractivity contribution is 5.92. The molecule has 2 amide bonds. The number of nitrogens with one attached hydrogen (secondary N) is 3. The van der Waals surface area contributed by atoms with Crippen LogP contribution in [0.25, 0.3) is 0 Å². The van der Waals surface area contributed by atoms with Crippen LogP contribution in [0.15, 0.2) is 36.8 Å². The molecular weight excluding hydrogens is 279 g/mol. The number of para-hydroxylation sites is 1. The second-order valence-electron chi connectivity index (χ2n) is 4.25. The highest BCUT2D eigenvalue weighted by Crippen LogP contribution is 2.12. The molecule has 1 heterocycles. The molecule has 0 aliphatic heterocycles. The van der Waals surface area contributed by atoms with Crippen molar-refractivity contribution >= 4 is 17.7 Å². The van der Waals surface area contributed by atoms with Crippen molar-refractivity contribution in [3.8, 4) is 0 Å². The van der Waals surface area contributed by atoms with Gasteiger partial charge in [0.1, 0.15) is 11.9 Å². The minimum absolute atomic E-state index is 0.0271. The zero-order chi connectivity index (χ0) is 15.2. The Kier molecular flexibility index (Phi) is 4.50. The highest BCUT2D eigenvalue weighted by Gasteiger charge is 2.21. The lowest BCUT2D eigenvalue weighted by atomic mass is 10.1. The van der Waals surface area contributed by atoms with E-state index in [-0.39, 0.29) is 12.1 Å². The smallest absolute Gasteiger partial charge is 0.326 e. The summed E-state index contributed by atoms with van der Waals surface area (Å²) in [6, 6.07) is 3.65. The van der Waals surface area contributed by atoms with E-state index < -0.39 is 23.9 Å². The average molecular weight is 292 g/mol. The summed E-state index contributed by atoms with van der Waals surface area (Å²) in [6.07, 6.45) is 2.92. The molecule has 1 aromatic heterocycles. The molecule has 4 N–H and O–H groups in total. The van der Waals surface area contributed by atoms with Gasteiger partial charge in [0, 0.05) is 18.3 Å². The third-order valence-corrected chi connectivity index (χ3v) is 2.70. The van der Waals surface area contributed by atoms with Crippen molar-refractivity contribution in [2.75, 3.05) is 5.32 Å². The van der Waals surface area contributed by atoms with Crippen LogP contribution in [0.3, 0.4) is 0 Å². The summed E-state index contributed by atoms with van der Waals surface area (Å²) in [5.41, 5.74) is 0.536. The Morgan fingerprint density at radius 2 is 2.14 bits per heavy atom. The molecule has 0 aliphatic carbocycles. The number of H-pyrrole nitrogens is 1. The minimum atomic E-state index is -1.20. The van der Waals surface area contributed by atoms with Crippen LogP contribution in [-0.2, 0) is 11.2 Å². The molecule has 0 saturated carbocycles. The molecule has 0 spiro atoms. The van der Waals surface area contributed by atoms with Crippen molar-refractivity contribution in [1.82, 2.24) is 15.3 Å². The summed E-state index contributed by atoms with van der Waals surface area (Å²) in [5.74, 6) is -1.80. The molecule has 0 radical (unpaired) electrons. The van der Waals surface area contributed by atoms with Crippen molar-refractivity contribution in [1.29, 1.82) is 0 Å². The predicted molar refractivity (Wildman–Crippen MR) is 72.3 cm³/mol. The number of halogens is 1. The van der Waals surface area contributed by atoms with E-state index in [4.69, 9.17) is 5.11 Å². The minimum Gasteiger partial charge on any atom is -0.480 e. The van der Waals surface area contributed by atoms with Crippen LogP contribution in [0.4, 0.5) is 14.9 Å². The zero-order valence-corrected chi connectivity index (χ0v) is 10.8. The number of carboxylic acids is 1. The number of carboxylic acid groups (broad SMARTS) is 1. The number of amides is 2. The number of carbonyl (C=O) groups is 2. The lowest BCUT2D eigenvalue weighted by Crippen LogP contribution is -2.44. The number of aliphatic carboxylic acids is 1. The topological polar surface area (TPSA) is 107 Å². The average Bonchev–Trinajstić information content (AvgIpc) is 2.93. The molecule has 0 bridgehead atoms. The lowest BCUT2D eigenvalue weighted by molar-refractivity contribution is -0.139. The molecule has 2 rings (SSSR count). The summed E-state index contributed by atoms with van der Waals surface area (Å²) < 4.78 is 13.4. The van der Waals surface area contributed by atoms with E-state index in [9.17, 15) is 14.0 Å². The van der Waals surface area contributed by atoms with Crippen molar-refractivity contribution in [3.05, 3.63) is 48.3 Å². The maximum atomic E-state index is 13.4. The standard InChI is InChI=1S/C13H13FN4O3/c14-9-3-1-2-4-10(9)17-13(21)18-11(12(19)20)5-8-6-15-7-16-8/h1-4,6-7,11H,5H2,(H,15,16)(H,19,20)(H2,17,18,21). The second-order valence-corrected chi connectivity index (χ2v) is 4.25. The molecule has 1 atom stereocenters. The lowest BCUT2D eigenvalue weighted by Gasteiger charge is -2.14. The Balaban J connectivity index is 1.98. The fourth-order valence-corrected chi connectivity index (χ4v) is 1.70. The van der Waals surface area contributed by atoms with Crippen LogP contribution in [-0.4, -0.2) is 33.1 Å². The van der Waals surface area contributed by atoms with Gasteiger partial charge < -0.3 is 20.7 Å². The van der Waals surface area contributed by atoms with Gasteiger partial charge in [0.2, 0.25) is 0 Å². The van der Waals surface area contributed by atoms with Gasteiger partial charge in [-0.15, -0.1) is 0 Å². The number of aromatic nitrogens is 2. The van der Waals surface area contributed by atoms with Crippen molar-refractivity contribution in [2.24, 2.45) is 0 Å². The summed E-state index contributed by atoms with van der Waals surface area (Å²) in [4.78, 5) is 29.4. The van der Waals surface area contributed by atoms with Crippen LogP contribution < -0.4 is 10.6 Å². The normalized spacial score (nSPS) is 11.7. The van der Waals surface area contributed by atoms with Crippen molar-refractivity contribution in [2.45, 2.75) is 12.5 Å². The van der Waals surface area contributed by atoms with Crippen molar-refractivity contribution < 1.29 is 19.1 Å². The molecular formula is C13H13FN4O3. The van der Waals surface area contributed by atoms with Crippen LogP contribution in [0.2, 0.25) is 0 Å². The maximum absolute atomic E-state index is 13.4. The van der Waals surface area contributed by atoms with E-state index >= 15 is 0 Å². The van der Waals surface area contributed by atoms with E-state index in [1.807, 2.05) is 0 Å². The van der Waals surface area contributed by atoms with Crippen LogP contribution in [0.1, 0.15) is 5.69 Å². The molecule has 110 valence electrons. The van der Waals surface area contributed by atoms with Gasteiger partial charge in [-0.25, -0.2) is 19.0 Å². The van der Waals surface area contributed by atoms with Crippen LogP contribution in [0, 0.1) is 5.82 Å². The number of carbonyl (C=O) groups excluding carboxylic acids is 1. The summed E-state index contributed by atoms with van der Waals surface area (Å²) >= 11 is 0. The molecule has 0 saturated heterocycles. The third kappa shape index (κ3) is 4.03. The number of benzene rings is 1. The fraction of sp³-hybridized carbons (Fsp3) is 0.154. The summed E-state index contributed by atoms with van der Waals surface area (Å²) in [7, 11) is 0. The van der Waals surface area contributed by atoms with E-state index in [1.54, 1.807) is 6.07 Å². The number of nitrogens with zero attached hydrogens (tertiary/aromatic N) is 1. The van der Waals surface area contributed by atoms with Gasteiger partial charge in [-0.2, -0.15) is 0 Å². The number of anilines is 1. The number of aromatic amines is 1. The van der Waals surface area contributed by atoms with Gasteiger partial charge in [-0.3, -0.25) is 0 Å². The maximum Gasteiger partial charge on any atom is 0.326 e. The number of rotatable bonds is 5. The number of imidazole rings is 1. The first-order valence-electron chi connectivity index (χ1n) is 6.08. The number of urea groups is 1. The van der Waals surface area contributed by atoms with Gasteiger partial charge in [0.05, 0.1) is 12.0 Å². The van der Waals surface area contributed by atoms with Gasteiger partial charge in [-0.1, -0.05) is 12.1 Å². The molecule has 2 aromatic rings. The molecule has 0 fully saturated rings. The molecule has 1 aromatic carbocycles. The summed E-state index contributed by atoms with van der Waals surface area (Å²) in [5, 5.41) is 13.6. The van der Waals surface area contributed by atoms with Crippen LogP contribution >= 0.6 is 0 Å². The van der Waals surface area contributed by atoms with E-state index in [1.165, 1.54) is 30.7 Å². The number of hydrogen-bond donors (Lipinski definition) is 4. The Hall–Kier alpha value is -2.90. The Morgan fingerprint density at radius 3 is 2.76 bits per heavy atom. The SMILES string of the molecule is O=C(Nc1ccccc1F)NC(Cc1cnc[nH]1)C(=O)O. The van der Waals surface area contributed by atoms with Gasteiger partial charge in [0.15, 0.2) is 0 Å². The van der Waals surface area contributed by atoms with Gasteiger partial charge in [0.25, 0.3) is 0 Å². The van der Waals surface area contributed by atoms with Gasteiger partial charge in [-0.05, 0) is 12.1 Å². The summed E-state index contributed by atoms with van der Waals surface area (Å²) in [6.45, 7) is 0. The van der Waals surface area contributed by atoms with E-state index in [0.717, 1.165) is 0 Å². The van der Waals surface area contributed by atoms with Gasteiger partial charge >= 0.3 is 12.0 Å². The first kappa shape index (κ1) is 14.5. The second kappa shape index (κ2) is 6.51. The fourth-order valence-electron chi connectivity index (χ4n) is 1.70. The Bertz CT molecular complexity index is 630. The Labute approximate surface area is 119 Å². The van der Waals surface area contributed by atoms with Crippen molar-refractivity contribution in [3.63, 3.8) is 0 Å².